The van der Waals surface area contributed by atoms with Crippen LogP contribution in [0.25, 0.3) is 15.9 Å². The monoisotopic (exact) mass is 552 g/mol. The van der Waals surface area contributed by atoms with Gasteiger partial charge < -0.3 is 9.80 Å². The van der Waals surface area contributed by atoms with Crippen LogP contribution in [0.2, 0.25) is 5.02 Å². The average molecular weight is 553 g/mol. The molecule has 1 saturated heterocycles. The first-order valence-electron chi connectivity index (χ1n) is 11.6. The van der Waals surface area contributed by atoms with Crippen LogP contribution in [-0.2, 0) is 9.84 Å². The fourth-order valence-corrected chi connectivity index (χ4v) is 6.75. The average Bonchev–Trinajstić information content (AvgIpc) is 3.56. The molecule has 1 fully saturated rings. The summed E-state index contributed by atoms with van der Waals surface area (Å²) in [5.41, 5.74) is 2.71. The molecule has 0 bridgehead atoms. The van der Waals surface area contributed by atoms with Crippen LogP contribution in [0, 0.1) is 0 Å². The van der Waals surface area contributed by atoms with Gasteiger partial charge in [-0.2, -0.15) is 4.52 Å². The van der Waals surface area contributed by atoms with Gasteiger partial charge in [0.1, 0.15) is 0 Å². The highest BCUT2D eigenvalue weighted by Crippen LogP contribution is 2.34. The van der Waals surface area contributed by atoms with Crippen molar-refractivity contribution in [2.45, 2.75) is 16.8 Å². The number of anilines is 2. The summed E-state index contributed by atoms with van der Waals surface area (Å²) < 4.78 is 29.2. The number of hydrogen-bond acceptors (Lipinski definition) is 9. The van der Waals surface area contributed by atoms with Gasteiger partial charge in [0.25, 0.3) is 0 Å². The molecule has 1 aliphatic rings. The van der Waals surface area contributed by atoms with Crippen LogP contribution in [0.15, 0.2) is 69.9 Å². The normalized spacial score (nSPS) is 14.5. The van der Waals surface area contributed by atoms with Crippen molar-refractivity contribution in [2.24, 2.45) is 0 Å². The number of rotatable bonds is 5. The predicted molar refractivity (Wildman–Crippen MR) is 144 cm³/mol. The van der Waals surface area contributed by atoms with Crippen molar-refractivity contribution in [1.29, 1.82) is 0 Å². The van der Waals surface area contributed by atoms with Gasteiger partial charge in [0.05, 0.1) is 15.1 Å². The molecule has 0 radical (unpaired) electrons. The molecule has 2 aromatic carbocycles. The molecule has 0 saturated carbocycles. The molecular weight excluding hydrogens is 532 g/mol. The minimum absolute atomic E-state index is 0.0459. The number of hydrogen-bond donors (Lipinski definition) is 0. The van der Waals surface area contributed by atoms with Crippen LogP contribution in [0.3, 0.4) is 0 Å². The Bertz CT molecular complexity index is 1740. The summed E-state index contributed by atoms with van der Waals surface area (Å²) in [6.45, 7) is 4.47. The smallest absolute Gasteiger partial charge is 0.229 e. The van der Waals surface area contributed by atoms with Crippen molar-refractivity contribution in [1.82, 2.24) is 19.8 Å². The number of benzene rings is 2. The molecule has 12 heteroatoms. The molecule has 0 atom stereocenters. The Kier molecular flexibility index (Phi) is 5.85. The van der Waals surface area contributed by atoms with Gasteiger partial charge in [-0.15, -0.1) is 16.4 Å². The van der Waals surface area contributed by atoms with Crippen molar-refractivity contribution in [3.8, 4) is 0 Å². The van der Waals surface area contributed by atoms with Gasteiger partial charge in [0.2, 0.25) is 14.9 Å². The molecule has 0 amide bonds. The number of halogens is 1. The molecule has 0 N–H and O–H groups in total. The van der Waals surface area contributed by atoms with Gasteiger partial charge in [0.15, 0.2) is 17.2 Å². The van der Waals surface area contributed by atoms with E-state index >= 15 is 0 Å². The Balaban J connectivity index is 1.34. The van der Waals surface area contributed by atoms with Gasteiger partial charge in [-0.25, -0.2) is 13.4 Å². The van der Waals surface area contributed by atoms with Crippen LogP contribution in [0.5, 0.6) is 0 Å². The maximum Gasteiger partial charge on any atom is 0.229 e. The zero-order valence-corrected chi connectivity index (χ0v) is 22.1. The van der Waals surface area contributed by atoms with Crippen molar-refractivity contribution in [3.05, 3.63) is 70.6 Å². The van der Waals surface area contributed by atoms with Gasteiger partial charge >= 0.3 is 0 Å². The lowest BCUT2D eigenvalue weighted by molar-refractivity contribution is 0.101. The van der Waals surface area contributed by atoms with Crippen LogP contribution in [-0.4, -0.2) is 60.2 Å². The fraction of sp³-hybridized carbons (Fsp3) is 0.200. The summed E-state index contributed by atoms with van der Waals surface area (Å²) in [6.07, 6.45) is 0. The number of ketones is 1. The number of nitrogens with zero attached hydrogens (tertiary/aromatic N) is 6. The topological polar surface area (TPSA) is 101 Å². The van der Waals surface area contributed by atoms with E-state index in [9.17, 15) is 13.2 Å². The molecule has 9 nitrogen and oxygen atoms in total. The standard InChI is InChI=1S/C25H21ClN6O3S2/c1-16(33)17-2-6-19(7-3-17)30-11-13-31(14-12-30)23-22-21(10-15-36-22)32-24(27-23)25(28-29-32)37(34,35)20-8-4-18(26)5-9-20/h2-10,15H,11-14H2,1H3. The molecule has 3 aromatic heterocycles. The van der Waals surface area contributed by atoms with Gasteiger partial charge in [-0.3, -0.25) is 4.79 Å². The van der Waals surface area contributed by atoms with E-state index < -0.39 is 9.84 Å². The molecule has 4 heterocycles. The largest absolute Gasteiger partial charge is 0.368 e. The molecule has 0 spiro atoms. The van der Waals surface area contributed by atoms with Crippen molar-refractivity contribution in [2.75, 3.05) is 36.0 Å². The summed E-state index contributed by atoms with van der Waals surface area (Å²) in [5.74, 6) is 0.767. The molecule has 6 rings (SSSR count). The third kappa shape index (κ3) is 4.12. The van der Waals surface area contributed by atoms with E-state index in [4.69, 9.17) is 16.6 Å². The lowest BCUT2D eigenvalue weighted by atomic mass is 10.1. The molecule has 0 unspecified atom stereocenters. The number of carbonyl (C=O) groups is 1. The Morgan fingerprint density at radius 1 is 0.946 bits per heavy atom. The summed E-state index contributed by atoms with van der Waals surface area (Å²) in [7, 11) is -3.96. The number of aromatic nitrogens is 4. The Labute approximate surface area is 221 Å². The zero-order chi connectivity index (χ0) is 25.7. The van der Waals surface area contributed by atoms with Crippen molar-refractivity contribution in [3.63, 3.8) is 0 Å². The van der Waals surface area contributed by atoms with Gasteiger partial charge in [-0.05, 0) is 66.9 Å². The highest BCUT2D eigenvalue weighted by Gasteiger charge is 2.29. The van der Waals surface area contributed by atoms with E-state index in [-0.39, 0.29) is 21.4 Å². The first-order chi connectivity index (χ1) is 17.8. The summed E-state index contributed by atoms with van der Waals surface area (Å²) in [4.78, 5) is 20.9. The number of fused-ring (bicyclic) bond motifs is 3. The highest BCUT2D eigenvalue weighted by molar-refractivity contribution is 7.91. The predicted octanol–water partition coefficient (Wildman–Crippen LogP) is 4.35. The minimum atomic E-state index is -3.96. The van der Waals surface area contributed by atoms with Gasteiger partial charge in [0, 0.05) is 42.5 Å². The Morgan fingerprint density at radius 3 is 2.30 bits per heavy atom. The quantitative estimate of drug-likeness (QED) is 0.297. The molecular formula is C25H21ClN6O3S2. The highest BCUT2D eigenvalue weighted by atomic mass is 35.5. The van der Waals surface area contributed by atoms with Gasteiger partial charge in [-0.1, -0.05) is 16.8 Å². The summed E-state index contributed by atoms with van der Waals surface area (Å²) >= 11 is 7.49. The Morgan fingerprint density at radius 2 is 1.62 bits per heavy atom. The molecule has 0 aliphatic carbocycles. The molecule has 5 aromatic rings. The number of piperazine rings is 1. The maximum absolute atomic E-state index is 13.4. The van der Waals surface area contributed by atoms with E-state index in [0.29, 0.717) is 23.7 Å². The number of Topliss-reactive ketones (excluding diaryl/α,β-unsaturated/α-hetero) is 1. The van der Waals surface area contributed by atoms with E-state index in [1.807, 2.05) is 35.7 Å². The zero-order valence-electron chi connectivity index (χ0n) is 19.7. The van der Waals surface area contributed by atoms with E-state index in [1.165, 1.54) is 40.1 Å². The van der Waals surface area contributed by atoms with E-state index in [0.717, 1.165) is 34.8 Å². The second kappa shape index (κ2) is 9.09. The first kappa shape index (κ1) is 23.8. The number of sulfone groups is 1. The summed E-state index contributed by atoms with van der Waals surface area (Å²) in [5, 5.41) is 10.4. The van der Waals surface area contributed by atoms with Crippen molar-refractivity contribution >= 4 is 65.9 Å². The van der Waals surface area contributed by atoms with E-state index in [1.54, 1.807) is 6.92 Å². The SMILES string of the molecule is CC(=O)c1ccc(N2CCN(c3nc4c(S(=O)(=O)c5ccc(Cl)cc5)nnn4c4ccsc34)CC2)cc1. The van der Waals surface area contributed by atoms with Crippen LogP contribution in [0.1, 0.15) is 17.3 Å². The second-order valence-corrected chi connectivity index (χ2v) is 12.0. The van der Waals surface area contributed by atoms with E-state index in [2.05, 4.69) is 20.1 Å². The lowest BCUT2D eigenvalue weighted by Gasteiger charge is -2.37. The second-order valence-electron chi connectivity index (χ2n) is 8.73. The molecule has 1 aliphatic heterocycles. The summed E-state index contributed by atoms with van der Waals surface area (Å²) in [6, 6.07) is 15.5. The van der Waals surface area contributed by atoms with Crippen molar-refractivity contribution < 1.29 is 13.2 Å². The van der Waals surface area contributed by atoms with Crippen LogP contribution in [0.4, 0.5) is 11.5 Å². The minimum Gasteiger partial charge on any atom is -0.368 e. The van der Waals surface area contributed by atoms with Crippen LogP contribution >= 0.6 is 22.9 Å². The first-order valence-corrected chi connectivity index (χ1v) is 14.3. The Hall–Kier alpha value is -3.54. The number of thiophene rings is 1. The molecule has 188 valence electrons. The third-order valence-corrected chi connectivity index (χ3v) is 9.32. The lowest BCUT2D eigenvalue weighted by Crippen LogP contribution is -2.47. The fourth-order valence-electron chi connectivity index (χ4n) is 4.51. The third-order valence-electron chi connectivity index (χ3n) is 6.50. The number of carbonyl (C=O) groups excluding carboxylic acids is 1. The maximum atomic E-state index is 13.4. The van der Waals surface area contributed by atoms with Crippen LogP contribution < -0.4 is 9.80 Å². The molecule has 37 heavy (non-hydrogen) atoms.